The summed E-state index contributed by atoms with van der Waals surface area (Å²) in [4.78, 5) is 5.84. The first kappa shape index (κ1) is 11.9. The maximum absolute atomic E-state index is 2.31. The topological polar surface area (TPSA) is 0 Å². The Bertz CT molecular complexity index is 422. The van der Waals surface area contributed by atoms with E-state index in [0.717, 1.165) is 0 Å². The molecule has 0 aliphatic heterocycles. The number of hydrogen-bond acceptors (Lipinski definition) is 2. The fourth-order valence-electron chi connectivity index (χ4n) is 2.04. The Labute approximate surface area is 106 Å². The highest BCUT2D eigenvalue weighted by Gasteiger charge is 2.20. The zero-order valence-electron chi connectivity index (χ0n) is 10.3. The van der Waals surface area contributed by atoms with Gasteiger partial charge in [0.2, 0.25) is 0 Å². The smallest absolute Gasteiger partial charge is 0.0301 e. The third kappa shape index (κ3) is 2.38. The molecular formula is C14H18S2. The molecule has 0 fully saturated rings. The van der Waals surface area contributed by atoms with E-state index in [9.17, 15) is 0 Å². The van der Waals surface area contributed by atoms with Gasteiger partial charge in [0.05, 0.1) is 0 Å². The molecule has 0 aromatic carbocycles. The summed E-state index contributed by atoms with van der Waals surface area (Å²) in [7, 11) is 0. The minimum Gasteiger partial charge on any atom is -0.145 e. The summed E-state index contributed by atoms with van der Waals surface area (Å²) in [6.07, 6.45) is 0. The first-order valence-corrected chi connectivity index (χ1v) is 7.34. The van der Waals surface area contributed by atoms with Gasteiger partial charge in [0, 0.05) is 25.4 Å². The molecule has 86 valence electrons. The molecular weight excluding hydrogens is 232 g/mol. The maximum Gasteiger partial charge on any atom is 0.0301 e. The van der Waals surface area contributed by atoms with Crippen molar-refractivity contribution in [2.24, 2.45) is 5.92 Å². The quantitative estimate of drug-likeness (QED) is 0.701. The summed E-state index contributed by atoms with van der Waals surface area (Å²) < 4.78 is 0. The molecule has 0 aliphatic carbocycles. The van der Waals surface area contributed by atoms with Crippen molar-refractivity contribution in [2.45, 2.75) is 33.6 Å². The van der Waals surface area contributed by atoms with Crippen LogP contribution in [-0.4, -0.2) is 0 Å². The van der Waals surface area contributed by atoms with Crippen LogP contribution in [0.5, 0.6) is 0 Å². The van der Waals surface area contributed by atoms with Crippen molar-refractivity contribution >= 4 is 22.7 Å². The molecule has 0 radical (unpaired) electrons. The highest BCUT2D eigenvalue weighted by Crippen LogP contribution is 2.38. The van der Waals surface area contributed by atoms with Crippen LogP contribution in [0.15, 0.2) is 24.3 Å². The highest BCUT2D eigenvalue weighted by molar-refractivity contribution is 7.13. The third-order valence-corrected chi connectivity index (χ3v) is 4.97. The summed E-state index contributed by atoms with van der Waals surface area (Å²) in [6.45, 7) is 9.00. The van der Waals surface area contributed by atoms with Gasteiger partial charge >= 0.3 is 0 Å². The lowest BCUT2D eigenvalue weighted by molar-refractivity contribution is 0.578. The molecule has 0 bridgehead atoms. The van der Waals surface area contributed by atoms with Crippen LogP contribution in [0, 0.1) is 19.8 Å². The Kier molecular flexibility index (Phi) is 3.50. The summed E-state index contributed by atoms with van der Waals surface area (Å²) >= 11 is 3.87. The van der Waals surface area contributed by atoms with Gasteiger partial charge in [-0.05, 0) is 44.0 Å². The normalized spacial score (nSPS) is 11.6. The Morgan fingerprint density at radius 3 is 1.50 bits per heavy atom. The minimum atomic E-state index is 0.581. The van der Waals surface area contributed by atoms with Crippen LogP contribution in [0.1, 0.15) is 39.3 Å². The zero-order chi connectivity index (χ0) is 11.7. The molecule has 0 spiro atoms. The fraction of sp³-hybridized carbons (Fsp3) is 0.429. The molecule has 2 rings (SSSR count). The van der Waals surface area contributed by atoms with Crippen LogP contribution in [-0.2, 0) is 0 Å². The van der Waals surface area contributed by atoms with Gasteiger partial charge in [0.1, 0.15) is 0 Å². The average Bonchev–Trinajstić information content (AvgIpc) is 2.76. The monoisotopic (exact) mass is 250 g/mol. The second-order valence-electron chi connectivity index (χ2n) is 4.62. The van der Waals surface area contributed by atoms with Crippen molar-refractivity contribution in [3.05, 3.63) is 43.8 Å². The van der Waals surface area contributed by atoms with E-state index < -0.39 is 0 Å². The zero-order valence-corrected chi connectivity index (χ0v) is 11.9. The number of aryl methyl sites for hydroxylation is 2. The summed E-state index contributed by atoms with van der Waals surface area (Å²) in [5.74, 6) is 1.24. The lowest BCUT2D eigenvalue weighted by Gasteiger charge is -2.17. The van der Waals surface area contributed by atoms with Crippen molar-refractivity contribution in [2.75, 3.05) is 0 Å². The number of hydrogen-bond donors (Lipinski definition) is 0. The molecule has 0 saturated carbocycles. The second-order valence-corrected chi connectivity index (χ2v) is 7.26. The SMILES string of the molecule is Cc1ccc(C(c2ccc(C)s2)C(C)C)s1. The molecule has 2 heteroatoms. The molecule has 0 unspecified atom stereocenters. The van der Waals surface area contributed by atoms with Gasteiger partial charge in [-0.3, -0.25) is 0 Å². The summed E-state index contributed by atoms with van der Waals surface area (Å²) in [5, 5.41) is 0. The predicted octanol–water partition coefficient (Wildman–Crippen LogP) is 5.21. The van der Waals surface area contributed by atoms with Gasteiger partial charge in [-0.25, -0.2) is 0 Å². The largest absolute Gasteiger partial charge is 0.145 e. The van der Waals surface area contributed by atoms with E-state index in [-0.39, 0.29) is 0 Å². The molecule has 2 heterocycles. The van der Waals surface area contributed by atoms with Crippen molar-refractivity contribution < 1.29 is 0 Å². The second kappa shape index (κ2) is 4.72. The standard InChI is InChI=1S/C14H18S2/c1-9(2)14(12-7-5-10(3)15-12)13-8-6-11(4)16-13/h5-9,14H,1-4H3. The van der Waals surface area contributed by atoms with E-state index >= 15 is 0 Å². The van der Waals surface area contributed by atoms with Gasteiger partial charge in [-0.1, -0.05) is 13.8 Å². The average molecular weight is 250 g/mol. The van der Waals surface area contributed by atoms with Crippen LogP contribution < -0.4 is 0 Å². The van der Waals surface area contributed by atoms with Crippen molar-refractivity contribution in [1.82, 2.24) is 0 Å². The van der Waals surface area contributed by atoms with E-state index in [1.165, 1.54) is 19.5 Å². The Morgan fingerprint density at radius 1 is 0.812 bits per heavy atom. The van der Waals surface area contributed by atoms with Gasteiger partial charge < -0.3 is 0 Å². The molecule has 16 heavy (non-hydrogen) atoms. The highest BCUT2D eigenvalue weighted by atomic mass is 32.1. The van der Waals surface area contributed by atoms with Crippen LogP contribution in [0.3, 0.4) is 0 Å². The van der Waals surface area contributed by atoms with E-state index in [1.807, 2.05) is 22.7 Å². The van der Waals surface area contributed by atoms with Gasteiger partial charge in [0.15, 0.2) is 0 Å². The molecule has 2 aromatic rings. The minimum absolute atomic E-state index is 0.581. The molecule has 2 aromatic heterocycles. The molecule has 0 atom stereocenters. The van der Waals surface area contributed by atoms with Gasteiger partial charge in [-0.15, -0.1) is 22.7 Å². The fourth-order valence-corrected chi connectivity index (χ4v) is 4.45. The van der Waals surface area contributed by atoms with Crippen LogP contribution in [0.25, 0.3) is 0 Å². The van der Waals surface area contributed by atoms with Crippen molar-refractivity contribution in [3.8, 4) is 0 Å². The van der Waals surface area contributed by atoms with E-state index in [1.54, 1.807) is 0 Å². The lowest BCUT2D eigenvalue weighted by atomic mass is 9.93. The third-order valence-electron chi connectivity index (χ3n) is 2.80. The van der Waals surface area contributed by atoms with Gasteiger partial charge in [0.25, 0.3) is 0 Å². The van der Waals surface area contributed by atoms with Crippen LogP contribution >= 0.6 is 22.7 Å². The molecule has 0 aliphatic rings. The molecule has 0 saturated heterocycles. The first-order valence-electron chi connectivity index (χ1n) is 5.70. The Balaban J connectivity index is 2.38. The first-order chi connectivity index (χ1) is 7.58. The summed E-state index contributed by atoms with van der Waals surface area (Å²) in [5.41, 5.74) is 0. The van der Waals surface area contributed by atoms with E-state index in [0.29, 0.717) is 11.8 Å². The number of thiophene rings is 2. The van der Waals surface area contributed by atoms with Crippen LogP contribution in [0.4, 0.5) is 0 Å². The van der Waals surface area contributed by atoms with E-state index in [4.69, 9.17) is 0 Å². The Morgan fingerprint density at radius 2 is 1.25 bits per heavy atom. The molecule has 0 N–H and O–H groups in total. The van der Waals surface area contributed by atoms with Crippen LogP contribution in [0.2, 0.25) is 0 Å². The summed E-state index contributed by atoms with van der Waals surface area (Å²) in [6, 6.07) is 9.05. The van der Waals surface area contributed by atoms with E-state index in [2.05, 4.69) is 52.0 Å². The predicted molar refractivity (Wildman–Crippen MR) is 74.8 cm³/mol. The van der Waals surface area contributed by atoms with Crippen molar-refractivity contribution in [3.63, 3.8) is 0 Å². The van der Waals surface area contributed by atoms with Gasteiger partial charge in [-0.2, -0.15) is 0 Å². The molecule has 0 amide bonds. The number of rotatable bonds is 3. The maximum atomic E-state index is 2.31. The van der Waals surface area contributed by atoms with Crippen molar-refractivity contribution in [1.29, 1.82) is 0 Å². The Hall–Kier alpha value is -0.600. The lowest BCUT2D eigenvalue weighted by Crippen LogP contribution is -2.04. The molecule has 0 nitrogen and oxygen atoms in total.